The maximum absolute atomic E-state index is 12.8. The summed E-state index contributed by atoms with van der Waals surface area (Å²) in [5.74, 6) is 0.947. The van der Waals surface area contributed by atoms with Crippen LogP contribution in [0.4, 0.5) is 14.5 Å². The molecule has 0 bridgehead atoms. The molecule has 0 aliphatic carbocycles. The molecule has 0 spiro atoms. The lowest BCUT2D eigenvalue weighted by molar-refractivity contribution is -0.114. The SMILES string of the molecule is CCCCn1c(-c2ccccc2)nc(-c2ccccc2)c1CN(Cc1ccc(NC(C)=O)cc1)Cc1ccc(OC(F)F)cc1. The Hall–Kier alpha value is -4.82. The number of benzene rings is 4. The van der Waals surface area contributed by atoms with Crippen molar-refractivity contribution in [2.45, 2.75) is 59.5 Å². The number of nitrogens with one attached hydrogen (secondary N) is 1. The molecule has 5 aromatic rings. The summed E-state index contributed by atoms with van der Waals surface area (Å²) in [5.41, 5.74) is 6.95. The molecule has 1 aromatic heterocycles. The van der Waals surface area contributed by atoms with Gasteiger partial charge in [-0.15, -0.1) is 0 Å². The molecule has 0 saturated carbocycles. The van der Waals surface area contributed by atoms with Crippen molar-refractivity contribution in [3.05, 3.63) is 126 Å². The molecule has 0 aliphatic rings. The molecule has 0 fully saturated rings. The smallest absolute Gasteiger partial charge is 0.387 e. The van der Waals surface area contributed by atoms with Gasteiger partial charge in [0.15, 0.2) is 0 Å². The molecule has 6 nitrogen and oxygen atoms in total. The molecule has 0 atom stereocenters. The quantitative estimate of drug-likeness (QED) is 0.137. The predicted molar refractivity (Wildman–Crippen MR) is 175 cm³/mol. The number of rotatable bonds is 14. The van der Waals surface area contributed by atoms with Crippen LogP contribution in [0.15, 0.2) is 109 Å². The molecule has 1 amide bonds. The number of anilines is 1. The monoisotopic (exact) mass is 608 g/mol. The van der Waals surface area contributed by atoms with Crippen LogP contribution in [0, 0.1) is 0 Å². The highest BCUT2D eigenvalue weighted by Crippen LogP contribution is 2.32. The molecule has 0 radical (unpaired) electrons. The lowest BCUT2D eigenvalue weighted by Gasteiger charge is -2.25. The fourth-order valence-corrected chi connectivity index (χ4v) is 5.41. The van der Waals surface area contributed by atoms with E-state index in [9.17, 15) is 13.6 Å². The van der Waals surface area contributed by atoms with E-state index in [1.807, 2.05) is 72.8 Å². The molecular weight excluding hydrogens is 570 g/mol. The van der Waals surface area contributed by atoms with Crippen molar-refractivity contribution >= 4 is 11.6 Å². The minimum Gasteiger partial charge on any atom is -0.435 e. The van der Waals surface area contributed by atoms with Gasteiger partial charge in [-0.1, -0.05) is 98.3 Å². The van der Waals surface area contributed by atoms with Gasteiger partial charge in [0.2, 0.25) is 5.91 Å². The normalized spacial score (nSPS) is 11.2. The molecule has 1 N–H and O–H groups in total. The summed E-state index contributed by atoms with van der Waals surface area (Å²) >= 11 is 0. The molecule has 8 heteroatoms. The van der Waals surface area contributed by atoms with Crippen LogP contribution in [-0.2, 0) is 31.0 Å². The minimum absolute atomic E-state index is 0.119. The number of ether oxygens (including phenoxy) is 1. The highest BCUT2D eigenvalue weighted by Gasteiger charge is 2.22. The summed E-state index contributed by atoms with van der Waals surface area (Å²) < 4.78 is 32.5. The second-order valence-corrected chi connectivity index (χ2v) is 11.0. The topological polar surface area (TPSA) is 59.4 Å². The molecule has 0 unspecified atom stereocenters. The molecule has 45 heavy (non-hydrogen) atoms. The van der Waals surface area contributed by atoms with E-state index in [4.69, 9.17) is 4.98 Å². The van der Waals surface area contributed by atoms with Crippen LogP contribution in [0.25, 0.3) is 22.6 Å². The highest BCUT2D eigenvalue weighted by molar-refractivity contribution is 5.88. The zero-order valence-electron chi connectivity index (χ0n) is 25.6. The number of imidazole rings is 1. The maximum Gasteiger partial charge on any atom is 0.387 e. The van der Waals surface area contributed by atoms with Gasteiger partial charge in [0, 0.05) is 49.9 Å². The number of nitrogens with zero attached hydrogens (tertiary/aromatic N) is 3. The van der Waals surface area contributed by atoms with E-state index in [0.717, 1.165) is 64.5 Å². The summed E-state index contributed by atoms with van der Waals surface area (Å²) in [6.07, 6.45) is 2.05. The van der Waals surface area contributed by atoms with E-state index in [2.05, 4.69) is 50.7 Å². The first-order chi connectivity index (χ1) is 21.9. The van der Waals surface area contributed by atoms with Crippen molar-refractivity contribution < 1.29 is 18.3 Å². The first-order valence-corrected chi connectivity index (χ1v) is 15.2. The van der Waals surface area contributed by atoms with Gasteiger partial charge in [-0.3, -0.25) is 9.69 Å². The summed E-state index contributed by atoms with van der Waals surface area (Å²) in [7, 11) is 0. The molecular formula is C37H38F2N4O2. The van der Waals surface area contributed by atoms with Gasteiger partial charge in [-0.05, 0) is 41.8 Å². The summed E-state index contributed by atoms with van der Waals surface area (Å²) in [4.78, 5) is 19.1. The minimum atomic E-state index is -2.87. The number of carbonyl (C=O) groups is 1. The van der Waals surface area contributed by atoms with Gasteiger partial charge in [-0.2, -0.15) is 8.78 Å². The van der Waals surface area contributed by atoms with Gasteiger partial charge in [-0.25, -0.2) is 4.98 Å². The Morgan fingerprint density at radius 3 is 1.96 bits per heavy atom. The van der Waals surface area contributed by atoms with Crippen molar-refractivity contribution in [1.29, 1.82) is 0 Å². The number of carbonyl (C=O) groups excluding carboxylic acids is 1. The Bertz CT molecular complexity index is 1660. The molecule has 1 heterocycles. The third-order valence-corrected chi connectivity index (χ3v) is 7.50. The van der Waals surface area contributed by atoms with E-state index in [0.29, 0.717) is 19.6 Å². The molecule has 232 valence electrons. The summed E-state index contributed by atoms with van der Waals surface area (Å²) in [6, 6.07) is 35.2. The van der Waals surface area contributed by atoms with Crippen LogP contribution in [-0.4, -0.2) is 27.0 Å². The largest absolute Gasteiger partial charge is 0.435 e. The number of hydrogen-bond donors (Lipinski definition) is 1. The fourth-order valence-electron chi connectivity index (χ4n) is 5.41. The molecule has 0 saturated heterocycles. The van der Waals surface area contributed by atoms with Crippen molar-refractivity contribution in [2.24, 2.45) is 0 Å². The number of aromatic nitrogens is 2. The zero-order chi connectivity index (χ0) is 31.6. The summed E-state index contributed by atoms with van der Waals surface area (Å²) in [5, 5.41) is 2.83. The van der Waals surface area contributed by atoms with Crippen molar-refractivity contribution in [1.82, 2.24) is 14.5 Å². The standard InChI is InChI=1S/C37H38F2N4O2/c1-3-4-23-43-34(35(30-11-7-5-8-12-30)41-36(43)31-13-9-6-10-14-31)26-42(24-28-15-19-32(20-16-28)40-27(2)44)25-29-17-21-33(22-18-29)45-37(38)39/h5-22,37H,3-4,23-26H2,1-2H3,(H,40,44). The van der Waals surface area contributed by atoms with E-state index < -0.39 is 6.61 Å². The Morgan fingerprint density at radius 2 is 1.40 bits per heavy atom. The number of amides is 1. The highest BCUT2D eigenvalue weighted by atomic mass is 19.3. The Kier molecular flexibility index (Phi) is 10.7. The van der Waals surface area contributed by atoms with E-state index >= 15 is 0 Å². The number of alkyl halides is 2. The first-order valence-electron chi connectivity index (χ1n) is 15.2. The van der Waals surface area contributed by atoms with Crippen LogP contribution in [0.5, 0.6) is 5.75 Å². The Labute approximate surface area is 263 Å². The van der Waals surface area contributed by atoms with Gasteiger partial charge in [0.05, 0.1) is 11.4 Å². The van der Waals surface area contributed by atoms with Gasteiger partial charge >= 0.3 is 6.61 Å². The predicted octanol–water partition coefficient (Wildman–Crippen LogP) is 8.78. The van der Waals surface area contributed by atoms with Gasteiger partial charge in [0.1, 0.15) is 11.6 Å². The fraction of sp³-hybridized carbons (Fsp3) is 0.243. The molecule has 0 aliphatic heterocycles. The number of halogens is 2. The van der Waals surface area contributed by atoms with E-state index in [1.165, 1.54) is 6.92 Å². The average molecular weight is 609 g/mol. The van der Waals surface area contributed by atoms with Crippen LogP contribution < -0.4 is 10.1 Å². The van der Waals surface area contributed by atoms with Gasteiger partial charge < -0.3 is 14.6 Å². The second-order valence-electron chi connectivity index (χ2n) is 11.0. The molecule has 4 aromatic carbocycles. The third-order valence-electron chi connectivity index (χ3n) is 7.50. The molecule has 5 rings (SSSR count). The lowest BCUT2D eigenvalue weighted by Crippen LogP contribution is -2.24. The Balaban J connectivity index is 1.55. The van der Waals surface area contributed by atoms with Crippen LogP contribution in [0.3, 0.4) is 0 Å². The number of unbranched alkanes of at least 4 members (excludes halogenated alkanes) is 1. The average Bonchev–Trinajstić information content (AvgIpc) is 3.40. The zero-order valence-corrected chi connectivity index (χ0v) is 25.6. The third kappa shape index (κ3) is 8.64. The van der Waals surface area contributed by atoms with Crippen LogP contribution in [0.1, 0.15) is 43.5 Å². The van der Waals surface area contributed by atoms with Crippen molar-refractivity contribution in [3.8, 4) is 28.4 Å². The van der Waals surface area contributed by atoms with Gasteiger partial charge in [0.25, 0.3) is 0 Å². The second kappa shape index (κ2) is 15.3. The van der Waals surface area contributed by atoms with E-state index in [1.54, 1.807) is 12.1 Å². The lowest BCUT2D eigenvalue weighted by atomic mass is 10.1. The number of hydrogen-bond acceptors (Lipinski definition) is 4. The van der Waals surface area contributed by atoms with Crippen molar-refractivity contribution in [3.63, 3.8) is 0 Å². The van der Waals surface area contributed by atoms with Crippen molar-refractivity contribution in [2.75, 3.05) is 5.32 Å². The van der Waals surface area contributed by atoms with Crippen LogP contribution in [0.2, 0.25) is 0 Å². The Morgan fingerprint density at radius 1 is 0.822 bits per heavy atom. The first kappa shape index (κ1) is 31.6. The maximum atomic E-state index is 12.8. The van der Waals surface area contributed by atoms with E-state index in [-0.39, 0.29) is 11.7 Å². The summed E-state index contributed by atoms with van der Waals surface area (Å²) in [6.45, 7) is 3.41. The van der Waals surface area contributed by atoms with Crippen LogP contribution >= 0.6 is 0 Å².